The van der Waals surface area contributed by atoms with Gasteiger partial charge in [-0.1, -0.05) is 144 Å². The first-order chi connectivity index (χ1) is 24.9. The van der Waals surface area contributed by atoms with Gasteiger partial charge in [0.25, 0.3) is 0 Å². The third-order valence-corrected chi connectivity index (χ3v) is 13.0. The fraction of sp³-hybridized carbons (Fsp3) is 0. The second kappa shape index (κ2) is 9.92. The first-order valence-corrected chi connectivity index (χ1v) is 18.0. The van der Waals surface area contributed by atoms with Gasteiger partial charge in [0.15, 0.2) is 0 Å². The topological polar surface area (TPSA) is 13.1 Å². The minimum atomic E-state index is -0.282. The Labute approximate surface area is 289 Å². The van der Waals surface area contributed by atoms with Crippen LogP contribution in [0, 0.1) is 0 Å². The van der Waals surface area contributed by atoms with Crippen molar-refractivity contribution in [1.82, 2.24) is 0 Å². The lowest BCUT2D eigenvalue weighted by molar-refractivity contribution is 0.661. The van der Waals surface area contributed by atoms with Gasteiger partial charge in [0.05, 0.1) is 10.4 Å². The van der Waals surface area contributed by atoms with Crippen molar-refractivity contribution in [3.8, 4) is 22.3 Å². The summed E-state index contributed by atoms with van der Waals surface area (Å²) in [5, 5.41) is 3.68. The average molecular weight is 655 g/mol. The zero-order chi connectivity index (χ0) is 34.1. The molecule has 5 heteroatoms. The van der Waals surface area contributed by atoms with Crippen molar-refractivity contribution in [3.05, 3.63) is 139 Å². The molecule has 0 aliphatic carbocycles. The summed E-state index contributed by atoms with van der Waals surface area (Å²) < 4.78 is 43.2. The van der Waals surface area contributed by atoms with E-state index in [9.17, 15) is 0 Å². The summed E-state index contributed by atoms with van der Waals surface area (Å²) in [6.45, 7) is -0.0500. The van der Waals surface area contributed by atoms with Crippen molar-refractivity contribution in [3.63, 3.8) is 0 Å². The smallest absolute Gasteiger partial charge is 0.247 e. The summed E-state index contributed by atoms with van der Waals surface area (Å²) in [6.07, 6.45) is 0. The average Bonchev–Trinajstić information content (AvgIpc) is 3.74. The lowest BCUT2D eigenvalue weighted by Gasteiger charge is -2.33. The number of para-hydroxylation sites is 1. The van der Waals surface area contributed by atoms with E-state index in [2.05, 4.69) is 103 Å². The maximum Gasteiger partial charge on any atom is 0.247 e. The zero-order valence-electron chi connectivity index (χ0n) is 28.7. The first kappa shape index (κ1) is 22.8. The van der Waals surface area contributed by atoms with Crippen LogP contribution in [-0.2, 0) is 0 Å². The van der Waals surface area contributed by atoms with Gasteiger partial charge in [-0.15, -0.1) is 11.3 Å². The molecule has 2 aromatic heterocycles. The number of hydrogen-bond donors (Lipinski definition) is 0. The van der Waals surface area contributed by atoms with E-state index in [1.54, 1.807) is 11.8 Å². The molecule has 2 aliphatic rings. The highest BCUT2D eigenvalue weighted by atomic mass is 32.2. The van der Waals surface area contributed by atoms with Crippen molar-refractivity contribution in [2.45, 2.75) is 19.6 Å². The minimum absolute atomic E-state index is 0.0500. The number of rotatable bonds is 2. The van der Waals surface area contributed by atoms with Gasteiger partial charge in [0.2, 0.25) is 6.71 Å². The van der Waals surface area contributed by atoms with Gasteiger partial charge in [-0.2, -0.15) is 0 Å². The van der Waals surface area contributed by atoms with Crippen LogP contribution >= 0.6 is 34.9 Å². The second-order valence-electron chi connectivity index (χ2n) is 12.1. The van der Waals surface area contributed by atoms with Crippen LogP contribution in [0.4, 0.5) is 0 Å². The van der Waals surface area contributed by atoms with E-state index in [1.165, 1.54) is 57.6 Å². The standard InChI is InChI=1S/C42H23BOS3/c1-2-10-24(11-3-1)26-12-4-5-13-27(26)25-20-38-40-39(21-25)47-42-32(19-18-30-28-14-6-8-16-34(28)44-41(30)42)43(40)33-22-31-29-15-7-9-17-35(29)45-36(31)23-37(33)46-38/h1-23H/i6D,8D,14D,16D. The molecule has 1 nitrogen and oxygen atoms in total. The third kappa shape index (κ3) is 3.82. The van der Waals surface area contributed by atoms with Crippen LogP contribution in [-0.4, -0.2) is 6.71 Å². The minimum Gasteiger partial charge on any atom is -0.455 e. The van der Waals surface area contributed by atoms with Gasteiger partial charge in [-0.25, -0.2) is 0 Å². The normalized spacial score (nSPS) is 14.5. The highest BCUT2D eigenvalue weighted by molar-refractivity contribution is 8.01. The van der Waals surface area contributed by atoms with E-state index in [1.807, 2.05) is 35.2 Å². The van der Waals surface area contributed by atoms with E-state index >= 15 is 0 Å². The molecule has 7 aromatic carbocycles. The van der Waals surface area contributed by atoms with Crippen LogP contribution in [0.15, 0.2) is 163 Å². The molecule has 0 unspecified atom stereocenters. The van der Waals surface area contributed by atoms with Crippen molar-refractivity contribution < 1.29 is 9.90 Å². The van der Waals surface area contributed by atoms with Crippen LogP contribution in [0.2, 0.25) is 0 Å². The van der Waals surface area contributed by atoms with Gasteiger partial charge in [-0.05, 0) is 63.4 Å². The van der Waals surface area contributed by atoms with Crippen LogP contribution in [0.1, 0.15) is 5.48 Å². The van der Waals surface area contributed by atoms with Crippen molar-refractivity contribution in [2.24, 2.45) is 0 Å². The van der Waals surface area contributed by atoms with E-state index in [0.29, 0.717) is 16.4 Å². The first-order valence-electron chi connectivity index (χ1n) is 17.5. The van der Waals surface area contributed by atoms with Crippen molar-refractivity contribution in [2.75, 3.05) is 0 Å². The molecule has 0 fully saturated rings. The number of thiophene rings is 1. The van der Waals surface area contributed by atoms with Crippen LogP contribution in [0.3, 0.4) is 0 Å². The largest absolute Gasteiger partial charge is 0.455 e. The molecule has 0 bridgehead atoms. The Morgan fingerprint density at radius 2 is 1.32 bits per heavy atom. The highest BCUT2D eigenvalue weighted by Crippen LogP contribution is 2.46. The molecule has 0 amide bonds. The summed E-state index contributed by atoms with van der Waals surface area (Å²) in [7, 11) is 0. The molecular weight excluding hydrogens is 627 g/mol. The Balaban J connectivity index is 1.21. The monoisotopic (exact) mass is 654 g/mol. The fourth-order valence-electron chi connectivity index (χ4n) is 7.48. The van der Waals surface area contributed by atoms with Crippen LogP contribution in [0.25, 0.3) is 64.4 Å². The molecule has 0 N–H and O–H groups in total. The van der Waals surface area contributed by atoms with Gasteiger partial charge >= 0.3 is 0 Å². The molecule has 0 atom stereocenters. The van der Waals surface area contributed by atoms with Gasteiger partial charge in [0, 0.05) is 40.2 Å². The maximum atomic E-state index is 8.77. The number of hydrogen-bond acceptors (Lipinski definition) is 4. The van der Waals surface area contributed by atoms with Gasteiger partial charge < -0.3 is 4.42 Å². The Hall–Kier alpha value is -4.68. The quantitative estimate of drug-likeness (QED) is 0.172. The number of furan rings is 1. The van der Waals surface area contributed by atoms with Crippen LogP contribution in [0.5, 0.6) is 0 Å². The summed E-state index contributed by atoms with van der Waals surface area (Å²) in [6, 6.07) is 40.6. The summed E-state index contributed by atoms with van der Waals surface area (Å²) in [4.78, 5) is 4.60. The summed E-state index contributed by atoms with van der Waals surface area (Å²) in [5.74, 6) is 0. The van der Waals surface area contributed by atoms with E-state index < -0.39 is 0 Å². The Morgan fingerprint density at radius 1 is 0.553 bits per heavy atom. The molecule has 0 saturated carbocycles. The second-order valence-corrected chi connectivity index (χ2v) is 15.3. The van der Waals surface area contributed by atoms with Crippen molar-refractivity contribution in [1.29, 1.82) is 0 Å². The fourth-order valence-corrected chi connectivity index (χ4v) is 11.3. The maximum absolute atomic E-state index is 8.77. The lowest BCUT2D eigenvalue weighted by Crippen LogP contribution is -2.58. The molecule has 47 heavy (non-hydrogen) atoms. The van der Waals surface area contributed by atoms with Crippen molar-refractivity contribution >= 4 is 100 Å². The lowest BCUT2D eigenvalue weighted by atomic mass is 9.36. The molecule has 4 heterocycles. The molecular formula is C42H23BOS3. The molecule has 11 rings (SSSR count). The molecule has 9 aromatic rings. The Morgan fingerprint density at radius 3 is 2.21 bits per heavy atom. The number of fused-ring (bicyclic) bond motifs is 11. The molecule has 218 valence electrons. The predicted octanol–water partition coefficient (Wildman–Crippen LogP) is 10.7. The zero-order valence-corrected chi connectivity index (χ0v) is 27.1. The summed E-state index contributed by atoms with van der Waals surface area (Å²) >= 11 is 5.38. The van der Waals surface area contributed by atoms with E-state index in [0.717, 1.165) is 20.8 Å². The Kier molecular flexibility index (Phi) is 4.81. The van der Waals surface area contributed by atoms with Gasteiger partial charge in [-0.3, -0.25) is 0 Å². The molecule has 2 aliphatic heterocycles. The van der Waals surface area contributed by atoms with E-state index in [4.69, 9.17) is 9.90 Å². The Bertz CT molecular complexity index is 2990. The number of benzene rings is 7. The third-order valence-electron chi connectivity index (χ3n) is 9.55. The van der Waals surface area contributed by atoms with Gasteiger partial charge in [0.1, 0.15) is 11.2 Å². The van der Waals surface area contributed by atoms with Crippen LogP contribution < -0.4 is 16.4 Å². The molecule has 0 radical (unpaired) electrons. The predicted molar refractivity (Wildman–Crippen MR) is 203 cm³/mol. The highest BCUT2D eigenvalue weighted by Gasteiger charge is 2.40. The van der Waals surface area contributed by atoms with E-state index in [-0.39, 0.29) is 36.5 Å². The SMILES string of the molecule is [2H]c1c([2H])c([2H])c2c(oc3c4c(ccc32)B2c3cc5c(cc3Sc3cc(-c6ccccc6-c6ccccc6)cc(c32)S4)sc2ccccc25)c1[2H]. The molecule has 0 saturated heterocycles. The summed E-state index contributed by atoms with van der Waals surface area (Å²) in [5.41, 5.74) is 9.18. The molecule has 0 spiro atoms.